The van der Waals surface area contributed by atoms with Crippen molar-refractivity contribution in [2.24, 2.45) is 0 Å². The normalized spacial score (nSPS) is 12.8. The van der Waals surface area contributed by atoms with Gasteiger partial charge in [-0.3, -0.25) is 0 Å². The summed E-state index contributed by atoms with van der Waals surface area (Å²) in [6.07, 6.45) is 2.19. The highest BCUT2D eigenvalue weighted by Gasteiger charge is 2.10. The Bertz CT molecular complexity index is 917. The van der Waals surface area contributed by atoms with Crippen molar-refractivity contribution in [1.82, 2.24) is 4.57 Å². The lowest BCUT2D eigenvalue weighted by atomic mass is 10.0. The Morgan fingerprint density at radius 3 is 2.29 bits per heavy atom. The van der Waals surface area contributed by atoms with Crippen LogP contribution in [0.5, 0.6) is 0 Å². The molecule has 1 heteroatoms. The van der Waals surface area contributed by atoms with E-state index in [1.54, 1.807) is 0 Å². The van der Waals surface area contributed by atoms with E-state index in [4.69, 9.17) is 0 Å². The molecular formula is C20H17N. The summed E-state index contributed by atoms with van der Waals surface area (Å²) in [6.45, 7) is 2.26. The Hall–Kier alpha value is -2.54. The Labute approximate surface area is 124 Å². The first kappa shape index (κ1) is 12.2. The monoisotopic (exact) mass is 271 g/mol. The summed E-state index contributed by atoms with van der Waals surface area (Å²) in [6, 6.07) is 26.3. The van der Waals surface area contributed by atoms with Crippen LogP contribution in [-0.4, -0.2) is 4.57 Å². The zero-order chi connectivity index (χ0) is 14.2. The summed E-state index contributed by atoms with van der Waals surface area (Å²) in [5, 5.41) is 3.90. The van der Waals surface area contributed by atoms with Gasteiger partial charge in [0.2, 0.25) is 0 Å². The minimum atomic E-state index is 0.328. The van der Waals surface area contributed by atoms with Gasteiger partial charge in [-0.2, -0.15) is 0 Å². The van der Waals surface area contributed by atoms with E-state index in [-0.39, 0.29) is 0 Å². The van der Waals surface area contributed by atoms with Crippen LogP contribution < -0.4 is 0 Å². The first-order chi connectivity index (χ1) is 10.3. The maximum atomic E-state index is 2.35. The number of rotatable bonds is 2. The number of benzene rings is 3. The van der Waals surface area contributed by atoms with E-state index in [2.05, 4.69) is 90.5 Å². The summed E-state index contributed by atoms with van der Waals surface area (Å²) < 4.78 is 2.35. The van der Waals surface area contributed by atoms with Crippen molar-refractivity contribution in [2.45, 2.75) is 13.0 Å². The molecule has 0 N–H and O–H groups in total. The molecule has 1 atom stereocenters. The molecule has 0 amide bonds. The number of para-hydroxylation sites is 1. The van der Waals surface area contributed by atoms with Crippen LogP contribution in [-0.2, 0) is 0 Å². The van der Waals surface area contributed by atoms with Crippen LogP contribution in [0.25, 0.3) is 21.7 Å². The van der Waals surface area contributed by atoms with Gasteiger partial charge in [0.1, 0.15) is 0 Å². The molecule has 0 aliphatic heterocycles. The molecule has 102 valence electrons. The standard InChI is InChI=1S/C20H17N/c1-15(21-13-12-17-7-4-5-9-20(17)21)18-11-10-16-6-2-3-8-19(16)14-18/h2-15H,1H3. The second-order valence-electron chi connectivity index (χ2n) is 5.56. The molecule has 1 heterocycles. The van der Waals surface area contributed by atoms with Gasteiger partial charge in [0, 0.05) is 11.7 Å². The van der Waals surface area contributed by atoms with E-state index in [1.165, 1.54) is 27.2 Å². The van der Waals surface area contributed by atoms with Crippen LogP contribution in [0.15, 0.2) is 79.0 Å². The first-order valence-corrected chi connectivity index (χ1v) is 7.37. The van der Waals surface area contributed by atoms with Crippen LogP contribution in [0.4, 0.5) is 0 Å². The summed E-state index contributed by atoms with van der Waals surface area (Å²) in [5.74, 6) is 0. The van der Waals surface area contributed by atoms with Crippen molar-refractivity contribution >= 4 is 21.7 Å². The molecule has 0 radical (unpaired) electrons. The van der Waals surface area contributed by atoms with Gasteiger partial charge in [0.15, 0.2) is 0 Å². The molecular weight excluding hydrogens is 254 g/mol. The van der Waals surface area contributed by atoms with Crippen molar-refractivity contribution < 1.29 is 0 Å². The van der Waals surface area contributed by atoms with Crippen molar-refractivity contribution in [3.05, 3.63) is 84.6 Å². The third-order valence-electron chi connectivity index (χ3n) is 4.30. The first-order valence-electron chi connectivity index (χ1n) is 7.37. The van der Waals surface area contributed by atoms with Gasteiger partial charge >= 0.3 is 0 Å². The summed E-state index contributed by atoms with van der Waals surface area (Å²) in [4.78, 5) is 0. The number of fused-ring (bicyclic) bond motifs is 2. The van der Waals surface area contributed by atoms with Crippen LogP contribution in [0, 0.1) is 0 Å². The van der Waals surface area contributed by atoms with Crippen molar-refractivity contribution in [3.8, 4) is 0 Å². The second-order valence-corrected chi connectivity index (χ2v) is 5.56. The Balaban J connectivity index is 1.83. The van der Waals surface area contributed by atoms with Gasteiger partial charge in [-0.25, -0.2) is 0 Å². The summed E-state index contributed by atoms with van der Waals surface area (Å²) in [5.41, 5.74) is 2.63. The van der Waals surface area contributed by atoms with Gasteiger partial charge in [-0.15, -0.1) is 0 Å². The SMILES string of the molecule is CC(c1ccc2ccccc2c1)n1ccc2ccccc21. The van der Waals surface area contributed by atoms with Crippen LogP contribution >= 0.6 is 0 Å². The summed E-state index contributed by atoms with van der Waals surface area (Å²) >= 11 is 0. The molecule has 4 rings (SSSR count). The molecule has 1 nitrogen and oxygen atoms in total. The lowest BCUT2D eigenvalue weighted by Crippen LogP contribution is -2.05. The molecule has 21 heavy (non-hydrogen) atoms. The van der Waals surface area contributed by atoms with E-state index >= 15 is 0 Å². The maximum Gasteiger partial charge on any atom is 0.0557 e. The second kappa shape index (κ2) is 4.78. The Morgan fingerprint density at radius 1 is 0.714 bits per heavy atom. The van der Waals surface area contributed by atoms with E-state index in [0.29, 0.717) is 6.04 Å². The zero-order valence-corrected chi connectivity index (χ0v) is 12.0. The lowest BCUT2D eigenvalue weighted by Gasteiger charge is -2.16. The molecule has 3 aromatic carbocycles. The molecule has 0 aliphatic rings. The minimum Gasteiger partial charge on any atom is -0.340 e. The van der Waals surface area contributed by atoms with Crippen molar-refractivity contribution in [2.75, 3.05) is 0 Å². The molecule has 1 unspecified atom stereocenters. The minimum absolute atomic E-state index is 0.328. The zero-order valence-electron chi connectivity index (χ0n) is 12.0. The highest BCUT2D eigenvalue weighted by atomic mass is 15.0. The van der Waals surface area contributed by atoms with Gasteiger partial charge in [-0.1, -0.05) is 54.6 Å². The molecule has 0 bridgehead atoms. The van der Waals surface area contributed by atoms with Gasteiger partial charge in [0.25, 0.3) is 0 Å². The molecule has 1 aromatic heterocycles. The van der Waals surface area contributed by atoms with Gasteiger partial charge in [-0.05, 0) is 46.8 Å². The van der Waals surface area contributed by atoms with Gasteiger partial charge < -0.3 is 4.57 Å². The number of nitrogens with zero attached hydrogens (tertiary/aromatic N) is 1. The highest BCUT2D eigenvalue weighted by molar-refractivity contribution is 5.83. The smallest absolute Gasteiger partial charge is 0.0557 e. The van der Waals surface area contributed by atoms with E-state index in [0.717, 1.165) is 0 Å². The van der Waals surface area contributed by atoms with Gasteiger partial charge in [0.05, 0.1) is 6.04 Å². The van der Waals surface area contributed by atoms with E-state index in [9.17, 15) is 0 Å². The Kier molecular flexibility index (Phi) is 2.78. The lowest BCUT2D eigenvalue weighted by molar-refractivity contribution is 0.665. The van der Waals surface area contributed by atoms with Crippen molar-refractivity contribution in [1.29, 1.82) is 0 Å². The molecule has 0 aliphatic carbocycles. The van der Waals surface area contributed by atoms with Crippen LogP contribution in [0.2, 0.25) is 0 Å². The number of hydrogen-bond donors (Lipinski definition) is 0. The predicted molar refractivity (Wildman–Crippen MR) is 89.7 cm³/mol. The summed E-state index contributed by atoms with van der Waals surface area (Å²) in [7, 11) is 0. The molecule has 0 saturated heterocycles. The maximum absolute atomic E-state index is 2.35. The van der Waals surface area contributed by atoms with E-state index < -0.39 is 0 Å². The largest absolute Gasteiger partial charge is 0.340 e. The fourth-order valence-electron chi connectivity index (χ4n) is 3.07. The van der Waals surface area contributed by atoms with Crippen LogP contribution in [0.1, 0.15) is 18.5 Å². The predicted octanol–water partition coefficient (Wildman–Crippen LogP) is 5.40. The average molecular weight is 271 g/mol. The third-order valence-corrected chi connectivity index (χ3v) is 4.30. The number of hydrogen-bond acceptors (Lipinski definition) is 0. The Morgan fingerprint density at radius 2 is 1.43 bits per heavy atom. The number of aromatic nitrogens is 1. The fraction of sp³-hybridized carbons (Fsp3) is 0.100. The molecule has 0 spiro atoms. The molecule has 0 saturated carbocycles. The van der Waals surface area contributed by atoms with E-state index in [1.807, 2.05) is 0 Å². The molecule has 4 aromatic rings. The topological polar surface area (TPSA) is 4.93 Å². The fourth-order valence-corrected chi connectivity index (χ4v) is 3.07. The van der Waals surface area contributed by atoms with Crippen LogP contribution in [0.3, 0.4) is 0 Å². The molecule has 0 fully saturated rings. The highest BCUT2D eigenvalue weighted by Crippen LogP contribution is 2.27. The van der Waals surface area contributed by atoms with Crippen molar-refractivity contribution in [3.63, 3.8) is 0 Å². The quantitative estimate of drug-likeness (QED) is 0.460. The third kappa shape index (κ3) is 2.02. The average Bonchev–Trinajstić information content (AvgIpc) is 2.98.